The molecule has 0 fully saturated rings. The van der Waals surface area contributed by atoms with E-state index in [1.54, 1.807) is 18.2 Å². The molecule has 3 aromatic carbocycles. The van der Waals surface area contributed by atoms with Crippen molar-refractivity contribution in [3.63, 3.8) is 0 Å². The third kappa shape index (κ3) is 4.73. The van der Waals surface area contributed by atoms with E-state index in [4.69, 9.17) is 25.8 Å². The number of ether oxygens (including phenoxy) is 3. The minimum absolute atomic E-state index is 0.163. The van der Waals surface area contributed by atoms with Crippen LogP contribution < -0.4 is 14.2 Å². The first-order valence-electron chi connectivity index (χ1n) is 10.4. The average Bonchev–Trinajstić information content (AvgIpc) is 3.20. The van der Waals surface area contributed by atoms with Crippen LogP contribution in [0, 0.1) is 0 Å². The fourth-order valence-electron chi connectivity index (χ4n) is 3.81. The van der Waals surface area contributed by atoms with Crippen LogP contribution in [0.3, 0.4) is 0 Å². The van der Waals surface area contributed by atoms with Crippen LogP contribution in [0.1, 0.15) is 21.5 Å². The molecule has 0 atom stereocenters. The quantitative estimate of drug-likeness (QED) is 0.229. The number of carbonyl (C=O) groups excluding carboxylic acids is 1. The van der Waals surface area contributed by atoms with Crippen molar-refractivity contribution in [3.05, 3.63) is 94.6 Å². The van der Waals surface area contributed by atoms with Gasteiger partial charge in [-0.25, -0.2) is 0 Å². The number of nitrogens with zero attached hydrogens (tertiary/aromatic N) is 1. The summed E-state index contributed by atoms with van der Waals surface area (Å²) in [6.07, 6.45) is 5.46. The van der Waals surface area contributed by atoms with Crippen molar-refractivity contribution >= 4 is 34.4 Å². The molecule has 168 valence electrons. The zero-order valence-electron chi connectivity index (χ0n) is 18.7. The second kappa shape index (κ2) is 9.84. The number of hydrogen-bond donors (Lipinski definition) is 0. The van der Waals surface area contributed by atoms with E-state index in [-0.39, 0.29) is 5.78 Å². The topological polar surface area (TPSA) is 49.7 Å². The van der Waals surface area contributed by atoms with E-state index in [0.29, 0.717) is 34.4 Å². The summed E-state index contributed by atoms with van der Waals surface area (Å²) in [6, 6.07) is 19.2. The highest BCUT2D eigenvalue weighted by Gasteiger charge is 2.16. The lowest BCUT2D eigenvalue weighted by molar-refractivity contribution is 0.104. The molecule has 0 saturated heterocycles. The van der Waals surface area contributed by atoms with Crippen molar-refractivity contribution in [1.29, 1.82) is 0 Å². The standard InChI is InChI=1S/C27H24ClNO4/c1-31-25-14-20(15-26(32-2)27(25)33-3)24(30)13-10-19-17-29(23-7-5-4-6-22(19)23)16-18-8-11-21(28)12-9-18/h4-15,17H,16H2,1-3H3/b13-10+. The van der Waals surface area contributed by atoms with Gasteiger partial charge in [-0.15, -0.1) is 0 Å². The molecule has 0 N–H and O–H groups in total. The molecule has 1 aromatic heterocycles. The first-order valence-corrected chi connectivity index (χ1v) is 10.8. The van der Waals surface area contributed by atoms with E-state index >= 15 is 0 Å². The van der Waals surface area contributed by atoms with Crippen LogP contribution in [0.2, 0.25) is 5.02 Å². The van der Waals surface area contributed by atoms with Crippen LogP contribution in [-0.2, 0) is 6.54 Å². The molecule has 0 amide bonds. The van der Waals surface area contributed by atoms with Crippen molar-refractivity contribution in [2.75, 3.05) is 21.3 Å². The third-order valence-electron chi connectivity index (χ3n) is 5.45. The predicted molar refractivity (Wildman–Crippen MR) is 132 cm³/mol. The van der Waals surface area contributed by atoms with Crippen LogP contribution in [0.25, 0.3) is 17.0 Å². The number of rotatable bonds is 8. The zero-order valence-corrected chi connectivity index (χ0v) is 19.4. The van der Waals surface area contributed by atoms with Gasteiger partial charge in [0.05, 0.1) is 21.3 Å². The number of carbonyl (C=O) groups is 1. The monoisotopic (exact) mass is 461 g/mol. The lowest BCUT2D eigenvalue weighted by Gasteiger charge is -2.13. The van der Waals surface area contributed by atoms with E-state index in [1.165, 1.54) is 21.3 Å². The molecule has 4 rings (SSSR count). The number of benzene rings is 3. The lowest BCUT2D eigenvalue weighted by atomic mass is 10.1. The third-order valence-corrected chi connectivity index (χ3v) is 5.70. The van der Waals surface area contributed by atoms with E-state index in [2.05, 4.69) is 22.9 Å². The van der Waals surface area contributed by atoms with Crippen molar-refractivity contribution in [1.82, 2.24) is 4.57 Å². The molecule has 6 heteroatoms. The van der Waals surface area contributed by atoms with Crippen LogP contribution >= 0.6 is 11.6 Å². The molecule has 0 unspecified atom stereocenters. The summed E-state index contributed by atoms with van der Waals surface area (Å²) in [4.78, 5) is 13.0. The summed E-state index contributed by atoms with van der Waals surface area (Å²) in [5.41, 5.74) is 3.64. The first-order chi connectivity index (χ1) is 16.0. The molecule has 4 aromatic rings. The van der Waals surface area contributed by atoms with Crippen LogP contribution in [0.5, 0.6) is 17.2 Å². The normalized spacial score (nSPS) is 11.2. The van der Waals surface area contributed by atoms with Gasteiger partial charge in [-0.05, 0) is 48.0 Å². The Balaban J connectivity index is 1.66. The fourth-order valence-corrected chi connectivity index (χ4v) is 3.94. The summed E-state index contributed by atoms with van der Waals surface area (Å²) in [7, 11) is 4.58. The molecule has 0 spiro atoms. The number of para-hydroxylation sites is 1. The van der Waals surface area contributed by atoms with Crippen LogP contribution in [-0.4, -0.2) is 31.7 Å². The number of aromatic nitrogens is 1. The van der Waals surface area contributed by atoms with Gasteiger partial charge in [-0.3, -0.25) is 4.79 Å². The fraction of sp³-hybridized carbons (Fsp3) is 0.148. The zero-order chi connectivity index (χ0) is 23.4. The summed E-state index contributed by atoms with van der Waals surface area (Å²) in [5, 5.41) is 1.78. The van der Waals surface area contributed by atoms with Gasteiger partial charge < -0.3 is 18.8 Å². The smallest absolute Gasteiger partial charge is 0.203 e. The number of hydrogen-bond acceptors (Lipinski definition) is 4. The van der Waals surface area contributed by atoms with Crippen LogP contribution in [0.15, 0.2) is 72.9 Å². The molecule has 0 radical (unpaired) electrons. The number of fused-ring (bicyclic) bond motifs is 1. The number of allylic oxidation sites excluding steroid dienone is 1. The number of methoxy groups -OCH3 is 3. The molecule has 0 aliphatic rings. The van der Waals surface area contributed by atoms with Crippen molar-refractivity contribution < 1.29 is 19.0 Å². The Kier molecular flexibility index (Phi) is 6.71. The molecule has 0 aliphatic heterocycles. The number of halogens is 1. The maximum Gasteiger partial charge on any atom is 0.203 e. The SMILES string of the molecule is COc1cc(C(=O)/C=C/c2cn(Cc3ccc(Cl)cc3)c3ccccc23)cc(OC)c1OC. The van der Waals surface area contributed by atoms with Gasteiger partial charge in [0, 0.05) is 39.8 Å². The maximum atomic E-state index is 13.0. The molecule has 1 heterocycles. The second-order valence-corrected chi connectivity index (χ2v) is 7.90. The van der Waals surface area contributed by atoms with E-state index < -0.39 is 0 Å². The Labute approximate surface area is 197 Å². The largest absolute Gasteiger partial charge is 0.493 e. The predicted octanol–water partition coefficient (Wildman–Crippen LogP) is 6.26. The van der Waals surface area contributed by atoms with E-state index in [0.717, 1.165) is 22.0 Å². The molecule has 5 nitrogen and oxygen atoms in total. The van der Waals surface area contributed by atoms with Gasteiger partial charge in [-0.1, -0.05) is 41.9 Å². The van der Waals surface area contributed by atoms with Gasteiger partial charge in [0.1, 0.15) is 0 Å². The summed E-state index contributed by atoms with van der Waals surface area (Å²) in [6.45, 7) is 0.701. The Bertz CT molecular complexity index is 1300. The number of ketones is 1. The summed E-state index contributed by atoms with van der Waals surface area (Å²) < 4.78 is 18.2. The van der Waals surface area contributed by atoms with Crippen LogP contribution in [0.4, 0.5) is 0 Å². The Morgan fingerprint density at radius 1 is 0.939 bits per heavy atom. The molecular weight excluding hydrogens is 438 g/mol. The van der Waals surface area contributed by atoms with Crippen molar-refractivity contribution in [2.45, 2.75) is 6.54 Å². The highest BCUT2D eigenvalue weighted by Crippen LogP contribution is 2.38. The summed E-state index contributed by atoms with van der Waals surface area (Å²) in [5.74, 6) is 1.16. The Hall–Kier alpha value is -3.70. The van der Waals surface area contributed by atoms with Crippen molar-refractivity contribution in [2.24, 2.45) is 0 Å². The maximum absolute atomic E-state index is 13.0. The van der Waals surface area contributed by atoms with Crippen molar-refractivity contribution in [3.8, 4) is 17.2 Å². The summed E-state index contributed by atoms with van der Waals surface area (Å²) >= 11 is 6.02. The van der Waals surface area contributed by atoms with Gasteiger partial charge in [0.25, 0.3) is 0 Å². The molecule has 0 aliphatic carbocycles. The van der Waals surface area contributed by atoms with E-state index in [1.807, 2.05) is 42.5 Å². The van der Waals surface area contributed by atoms with Gasteiger partial charge in [0.15, 0.2) is 17.3 Å². The van der Waals surface area contributed by atoms with Gasteiger partial charge in [0.2, 0.25) is 5.75 Å². The molecular formula is C27H24ClNO4. The van der Waals surface area contributed by atoms with Gasteiger partial charge in [-0.2, -0.15) is 0 Å². The first kappa shape index (κ1) is 22.5. The highest BCUT2D eigenvalue weighted by atomic mass is 35.5. The molecule has 33 heavy (non-hydrogen) atoms. The minimum Gasteiger partial charge on any atom is -0.493 e. The molecule has 0 saturated carbocycles. The highest BCUT2D eigenvalue weighted by molar-refractivity contribution is 6.30. The second-order valence-electron chi connectivity index (χ2n) is 7.47. The minimum atomic E-state index is -0.163. The Morgan fingerprint density at radius 3 is 2.24 bits per heavy atom. The average molecular weight is 462 g/mol. The Morgan fingerprint density at radius 2 is 1.61 bits per heavy atom. The molecule has 0 bridgehead atoms. The van der Waals surface area contributed by atoms with E-state index in [9.17, 15) is 4.79 Å². The van der Waals surface area contributed by atoms with Gasteiger partial charge >= 0.3 is 0 Å². The lowest BCUT2D eigenvalue weighted by Crippen LogP contribution is -2.00.